The average molecular weight is 404 g/mol. The van der Waals surface area contributed by atoms with E-state index in [-0.39, 0.29) is 23.2 Å². The lowest BCUT2D eigenvalue weighted by Gasteiger charge is -2.11. The van der Waals surface area contributed by atoms with Crippen LogP contribution in [0.15, 0.2) is 29.2 Å². The molecule has 1 fully saturated rings. The number of rotatable bonds is 7. The van der Waals surface area contributed by atoms with Crippen LogP contribution in [0.2, 0.25) is 0 Å². The molecule has 1 saturated heterocycles. The molecule has 7 nitrogen and oxygen atoms in total. The molecule has 1 aliphatic heterocycles. The molecule has 1 atom stereocenters. The Labute approximate surface area is 160 Å². The molecule has 2 N–H and O–H groups in total. The standard InChI is InChI=1S/C17H25N3O4S.ClH/c1-20(2)16(21)12-25(23,24)15-5-3-14(4-6-15)17(22)19-10-8-13-7-9-18-11-13;/h3-6,13,18H,7-12H2,1-2H3,(H,19,22);1H. The molecule has 0 aromatic heterocycles. The lowest BCUT2D eigenvalue weighted by atomic mass is 10.1. The summed E-state index contributed by atoms with van der Waals surface area (Å²) in [5, 5.41) is 6.14. The van der Waals surface area contributed by atoms with Crippen molar-refractivity contribution in [1.29, 1.82) is 0 Å². The summed E-state index contributed by atoms with van der Waals surface area (Å²) < 4.78 is 24.4. The summed E-state index contributed by atoms with van der Waals surface area (Å²) in [5.41, 5.74) is 0.405. The number of nitrogens with zero attached hydrogens (tertiary/aromatic N) is 1. The SMILES string of the molecule is CN(C)C(=O)CS(=O)(=O)c1ccc(C(=O)NCCC2CCNC2)cc1.Cl. The first-order valence-corrected chi connectivity index (χ1v) is 9.97. The number of amides is 2. The van der Waals surface area contributed by atoms with Crippen LogP contribution in [-0.4, -0.2) is 64.6 Å². The topological polar surface area (TPSA) is 95.6 Å². The van der Waals surface area contributed by atoms with Gasteiger partial charge in [-0.15, -0.1) is 12.4 Å². The van der Waals surface area contributed by atoms with Crippen LogP contribution in [0.1, 0.15) is 23.2 Å². The minimum atomic E-state index is -3.70. The van der Waals surface area contributed by atoms with Gasteiger partial charge in [-0.2, -0.15) is 0 Å². The molecule has 0 saturated carbocycles. The predicted molar refractivity (Wildman–Crippen MR) is 102 cm³/mol. The van der Waals surface area contributed by atoms with Crippen LogP contribution in [-0.2, 0) is 14.6 Å². The maximum absolute atomic E-state index is 12.2. The molecule has 26 heavy (non-hydrogen) atoms. The highest BCUT2D eigenvalue weighted by Gasteiger charge is 2.21. The van der Waals surface area contributed by atoms with Gasteiger partial charge in [-0.1, -0.05) is 0 Å². The van der Waals surface area contributed by atoms with E-state index in [2.05, 4.69) is 10.6 Å². The van der Waals surface area contributed by atoms with Crippen molar-refractivity contribution < 1.29 is 18.0 Å². The minimum absolute atomic E-state index is 0. The number of hydrogen-bond donors (Lipinski definition) is 2. The Kier molecular flexibility index (Phi) is 8.52. The van der Waals surface area contributed by atoms with E-state index in [4.69, 9.17) is 0 Å². The minimum Gasteiger partial charge on any atom is -0.352 e. The quantitative estimate of drug-likeness (QED) is 0.698. The van der Waals surface area contributed by atoms with Gasteiger partial charge >= 0.3 is 0 Å². The fourth-order valence-electron chi connectivity index (χ4n) is 2.64. The highest BCUT2D eigenvalue weighted by Crippen LogP contribution is 2.14. The zero-order chi connectivity index (χ0) is 18.4. The first-order valence-electron chi connectivity index (χ1n) is 8.31. The number of halogens is 1. The first-order chi connectivity index (χ1) is 11.8. The van der Waals surface area contributed by atoms with Gasteiger partial charge in [-0.3, -0.25) is 9.59 Å². The number of sulfone groups is 1. The summed E-state index contributed by atoms with van der Waals surface area (Å²) in [5.74, 6) is -0.689. The molecule has 0 aliphatic carbocycles. The van der Waals surface area contributed by atoms with Gasteiger partial charge in [0.15, 0.2) is 9.84 Å². The maximum Gasteiger partial charge on any atom is 0.251 e. The van der Waals surface area contributed by atoms with Crippen LogP contribution in [0.4, 0.5) is 0 Å². The van der Waals surface area contributed by atoms with Crippen LogP contribution in [0, 0.1) is 5.92 Å². The van der Waals surface area contributed by atoms with Gasteiger partial charge in [0.2, 0.25) is 5.91 Å². The second-order valence-electron chi connectivity index (χ2n) is 6.48. The second kappa shape index (κ2) is 9.89. The molecule has 1 aliphatic rings. The van der Waals surface area contributed by atoms with Crippen molar-refractivity contribution in [3.63, 3.8) is 0 Å². The molecular formula is C17H26ClN3O4S. The number of hydrogen-bond acceptors (Lipinski definition) is 5. The Morgan fingerprint density at radius 2 is 1.88 bits per heavy atom. The summed E-state index contributed by atoms with van der Waals surface area (Å²) >= 11 is 0. The number of carbonyl (C=O) groups is 2. The smallest absolute Gasteiger partial charge is 0.251 e. The van der Waals surface area contributed by atoms with Crippen LogP contribution in [0.25, 0.3) is 0 Å². The van der Waals surface area contributed by atoms with E-state index < -0.39 is 21.5 Å². The fraction of sp³-hybridized carbons (Fsp3) is 0.529. The van der Waals surface area contributed by atoms with Crippen molar-refractivity contribution in [1.82, 2.24) is 15.5 Å². The van der Waals surface area contributed by atoms with Crippen molar-refractivity contribution in [3.05, 3.63) is 29.8 Å². The Hall–Kier alpha value is -1.64. The lowest BCUT2D eigenvalue weighted by Crippen LogP contribution is -2.29. The zero-order valence-corrected chi connectivity index (χ0v) is 16.7. The van der Waals surface area contributed by atoms with Crippen LogP contribution < -0.4 is 10.6 Å². The van der Waals surface area contributed by atoms with E-state index in [1.807, 2.05) is 0 Å². The van der Waals surface area contributed by atoms with Crippen LogP contribution in [0.5, 0.6) is 0 Å². The monoisotopic (exact) mass is 403 g/mol. The molecule has 146 valence electrons. The second-order valence-corrected chi connectivity index (χ2v) is 8.46. The van der Waals surface area contributed by atoms with E-state index in [0.29, 0.717) is 18.0 Å². The Morgan fingerprint density at radius 1 is 1.23 bits per heavy atom. The maximum atomic E-state index is 12.2. The van der Waals surface area contributed by atoms with Crippen molar-refractivity contribution in [2.45, 2.75) is 17.7 Å². The lowest BCUT2D eigenvalue weighted by molar-refractivity contribution is -0.125. The summed E-state index contributed by atoms with van der Waals surface area (Å²) in [7, 11) is -0.691. The molecule has 1 unspecified atom stereocenters. The Bertz CT molecular complexity index is 714. The van der Waals surface area contributed by atoms with E-state index >= 15 is 0 Å². The third-order valence-corrected chi connectivity index (χ3v) is 5.91. The van der Waals surface area contributed by atoms with Crippen molar-refractivity contribution in [3.8, 4) is 0 Å². The normalized spacial score (nSPS) is 16.6. The highest BCUT2D eigenvalue weighted by atomic mass is 35.5. The Morgan fingerprint density at radius 3 is 2.42 bits per heavy atom. The Balaban J connectivity index is 0.00000338. The van der Waals surface area contributed by atoms with E-state index in [1.54, 1.807) is 0 Å². The first kappa shape index (κ1) is 22.4. The van der Waals surface area contributed by atoms with Gasteiger partial charge in [-0.05, 0) is 56.1 Å². The predicted octanol–water partition coefficient (Wildman–Crippen LogP) is 0.700. The zero-order valence-electron chi connectivity index (χ0n) is 15.0. The van der Waals surface area contributed by atoms with Gasteiger partial charge in [0.05, 0.1) is 4.90 Å². The highest BCUT2D eigenvalue weighted by molar-refractivity contribution is 7.92. The number of benzene rings is 1. The molecule has 1 heterocycles. The molecule has 0 spiro atoms. The van der Waals surface area contributed by atoms with E-state index in [9.17, 15) is 18.0 Å². The van der Waals surface area contributed by atoms with Crippen LogP contribution >= 0.6 is 12.4 Å². The third-order valence-electron chi connectivity index (χ3n) is 4.29. The van der Waals surface area contributed by atoms with Gasteiger partial charge in [0, 0.05) is 26.2 Å². The molecule has 9 heteroatoms. The molecule has 1 aromatic carbocycles. The fourth-order valence-corrected chi connectivity index (χ4v) is 3.94. The molecular weight excluding hydrogens is 378 g/mol. The molecule has 0 radical (unpaired) electrons. The number of nitrogens with one attached hydrogen (secondary N) is 2. The molecule has 2 amide bonds. The van der Waals surface area contributed by atoms with Gasteiger partial charge in [0.25, 0.3) is 5.91 Å². The molecule has 2 rings (SSSR count). The molecule has 0 bridgehead atoms. The largest absolute Gasteiger partial charge is 0.352 e. The van der Waals surface area contributed by atoms with E-state index in [0.717, 1.165) is 25.9 Å². The van der Waals surface area contributed by atoms with Crippen LogP contribution in [0.3, 0.4) is 0 Å². The van der Waals surface area contributed by atoms with Gasteiger partial charge < -0.3 is 15.5 Å². The molecule has 1 aromatic rings. The van der Waals surface area contributed by atoms with Crippen molar-refractivity contribution >= 4 is 34.1 Å². The number of carbonyl (C=O) groups excluding carboxylic acids is 2. The van der Waals surface area contributed by atoms with Crippen molar-refractivity contribution in [2.75, 3.05) is 39.5 Å². The average Bonchev–Trinajstić information content (AvgIpc) is 3.07. The van der Waals surface area contributed by atoms with E-state index in [1.165, 1.54) is 43.3 Å². The van der Waals surface area contributed by atoms with Gasteiger partial charge in [0.1, 0.15) is 5.75 Å². The summed E-state index contributed by atoms with van der Waals surface area (Å²) in [6, 6.07) is 5.68. The summed E-state index contributed by atoms with van der Waals surface area (Å²) in [6.45, 7) is 2.63. The summed E-state index contributed by atoms with van der Waals surface area (Å²) in [4.78, 5) is 25.0. The summed E-state index contributed by atoms with van der Waals surface area (Å²) in [6.07, 6.45) is 2.06. The van der Waals surface area contributed by atoms with Gasteiger partial charge in [-0.25, -0.2) is 8.42 Å². The third kappa shape index (κ3) is 6.26. The van der Waals surface area contributed by atoms with Crippen molar-refractivity contribution in [2.24, 2.45) is 5.92 Å².